The van der Waals surface area contributed by atoms with Gasteiger partial charge in [0.15, 0.2) is 0 Å². The van der Waals surface area contributed by atoms with E-state index in [4.69, 9.17) is 0 Å². The van der Waals surface area contributed by atoms with Crippen LogP contribution in [0.1, 0.15) is 0 Å². The van der Waals surface area contributed by atoms with E-state index in [-0.39, 0.29) is 18.1 Å². The lowest BCUT2D eigenvalue weighted by Gasteiger charge is -2.10. The van der Waals surface area contributed by atoms with Crippen LogP contribution in [0.5, 0.6) is 0 Å². The minimum Gasteiger partial charge on any atom is -0.460 e. The highest BCUT2D eigenvalue weighted by atomic mass is 16.5. The first kappa shape index (κ1) is 7.78. The van der Waals surface area contributed by atoms with E-state index in [0.717, 1.165) is 0 Å². The third-order valence-corrected chi connectivity index (χ3v) is 1.51. The van der Waals surface area contributed by atoms with Crippen molar-refractivity contribution < 1.29 is 14.3 Å². The second kappa shape index (κ2) is 2.74. The Morgan fingerprint density at radius 3 is 2.82 bits per heavy atom. The summed E-state index contributed by atoms with van der Waals surface area (Å²) in [5.41, 5.74) is -0.0926. The molecule has 11 heavy (non-hydrogen) atoms. The van der Waals surface area contributed by atoms with Crippen LogP contribution in [-0.4, -0.2) is 37.0 Å². The van der Waals surface area contributed by atoms with Crippen molar-refractivity contribution in [2.45, 2.75) is 0 Å². The quantitative estimate of drug-likeness (QED) is 0.270. The van der Waals surface area contributed by atoms with E-state index in [0.29, 0.717) is 6.54 Å². The molecule has 60 valence electrons. The fourth-order valence-corrected chi connectivity index (χ4v) is 0.782. The molecule has 1 aliphatic rings. The van der Waals surface area contributed by atoms with Crippen molar-refractivity contribution in [1.82, 2.24) is 4.90 Å². The van der Waals surface area contributed by atoms with Gasteiger partial charge in [-0.25, -0.2) is 4.79 Å². The molecule has 0 spiro atoms. The number of nitrogens with zero attached hydrogens (tertiary/aromatic N) is 1. The van der Waals surface area contributed by atoms with Crippen LogP contribution >= 0.6 is 0 Å². The van der Waals surface area contributed by atoms with Crippen LogP contribution in [0.3, 0.4) is 0 Å². The minimum absolute atomic E-state index is 0.0926. The van der Waals surface area contributed by atoms with Gasteiger partial charge in [0, 0.05) is 7.05 Å². The molecule has 4 nitrogen and oxygen atoms in total. The summed E-state index contributed by atoms with van der Waals surface area (Å²) in [4.78, 5) is 23.3. The molecule has 0 aromatic carbocycles. The van der Waals surface area contributed by atoms with Gasteiger partial charge in [-0.2, -0.15) is 0 Å². The van der Waals surface area contributed by atoms with Crippen LogP contribution in [-0.2, 0) is 14.3 Å². The summed E-state index contributed by atoms with van der Waals surface area (Å²) in [5, 5.41) is 0. The van der Waals surface area contributed by atoms with E-state index >= 15 is 0 Å². The molecule has 1 saturated heterocycles. The minimum atomic E-state index is -0.612. The van der Waals surface area contributed by atoms with Crippen molar-refractivity contribution in [2.75, 3.05) is 20.2 Å². The maximum Gasteiger partial charge on any atom is 0.343 e. The molecule has 0 bridgehead atoms. The monoisotopic (exact) mass is 155 g/mol. The molecule has 4 heteroatoms. The van der Waals surface area contributed by atoms with Gasteiger partial charge in [-0.15, -0.1) is 0 Å². The van der Waals surface area contributed by atoms with Gasteiger partial charge >= 0.3 is 5.97 Å². The lowest BCUT2D eigenvalue weighted by molar-refractivity contribution is -0.138. The fourth-order valence-electron chi connectivity index (χ4n) is 0.782. The van der Waals surface area contributed by atoms with E-state index in [2.05, 4.69) is 11.3 Å². The molecular weight excluding hydrogens is 146 g/mol. The normalized spacial score (nSPS) is 19.7. The third kappa shape index (κ3) is 1.39. The van der Waals surface area contributed by atoms with E-state index in [1.54, 1.807) is 7.05 Å². The van der Waals surface area contributed by atoms with Gasteiger partial charge in [0.25, 0.3) is 5.91 Å². The van der Waals surface area contributed by atoms with Crippen LogP contribution in [0.2, 0.25) is 0 Å². The predicted octanol–water partition coefficient (Wildman–Crippen LogP) is -0.442. The zero-order valence-electron chi connectivity index (χ0n) is 6.29. The van der Waals surface area contributed by atoms with E-state index < -0.39 is 5.97 Å². The van der Waals surface area contributed by atoms with E-state index in [9.17, 15) is 9.59 Å². The van der Waals surface area contributed by atoms with Crippen molar-refractivity contribution in [1.29, 1.82) is 0 Å². The number of hydrogen-bond donors (Lipinski definition) is 0. The first-order valence-corrected chi connectivity index (χ1v) is 3.24. The summed E-state index contributed by atoms with van der Waals surface area (Å²) in [7, 11) is 1.61. The average molecular weight is 155 g/mol. The summed E-state index contributed by atoms with van der Waals surface area (Å²) in [6.45, 7) is 4.01. The third-order valence-electron chi connectivity index (χ3n) is 1.51. The van der Waals surface area contributed by atoms with Gasteiger partial charge in [0.2, 0.25) is 0 Å². The van der Waals surface area contributed by atoms with Crippen LogP contribution < -0.4 is 0 Å². The summed E-state index contributed by atoms with van der Waals surface area (Å²) in [5.74, 6) is -0.966. The van der Waals surface area contributed by atoms with Crippen molar-refractivity contribution in [2.24, 2.45) is 0 Å². The summed E-state index contributed by atoms with van der Waals surface area (Å²) in [6, 6.07) is 0. The Morgan fingerprint density at radius 1 is 1.55 bits per heavy atom. The largest absolute Gasteiger partial charge is 0.460 e. The van der Waals surface area contributed by atoms with Gasteiger partial charge < -0.3 is 9.64 Å². The Kier molecular flexibility index (Phi) is 1.94. The summed E-state index contributed by atoms with van der Waals surface area (Å²) in [6.07, 6.45) is 0. The smallest absolute Gasteiger partial charge is 0.343 e. The number of ether oxygens (including phenoxy) is 1. The molecule has 0 N–H and O–H groups in total. The fraction of sp³-hybridized carbons (Fsp3) is 0.429. The second-order valence-corrected chi connectivity index (χ2v) is 2.34. The highest BCUT2D eigenvalue weighted by Gasteiger charge is 2.23. The summed E-state index contributed by atoms with van der Waals surface area (Å²) < 4.78 is 4.65. The maximum atomic E-state index is 11.1. The molecule has 0 aromatic rings. The zero-order valence-corrected chi connectivity index (χ0v) is 6.29. The molecule has 1 aliphatic heterocycles. The number of likely N-dealkylation sites (N-methyl/N-ethyl adjacent to an activating group) is 1. The lowest BCUT2D eigenvalue weighted by atomic mass is 10.3. The molecule has 0 atom stereocenters. The number of esters is 1. The Labute approximate surface area is 64.4 Å². The highest BCUT2D eigenvalue weighted by molar-refractivity contribution is 6.15. The highest BCUT2D eigenvalue weighted by Crippen LogP contribution is 2.04. The van der Waals surface area contributed by atoms with Crippen molar-refractivity contribution >= 4 is 11.9 Å². The molecule has 0 saturated carbocycles. The van der Waals surface area contributed by atoms with E-state index in [1.165, 1.54) is 4.90 Å². The molecule has 1 heterocycles. The first-order valence-electron chi connectivity index (χ1n) is 3.24. The summed E-state index contributed by atoms with van der Waals surface area (Å²) >= 11 is 0. The number of rotatable bonds is 0. The van der Waals surface area contributed by atoms with Crippen molar-refractivity contribution in [3.8, 4) is 0 Å². The molecule has 0 unspecified atom stereocenters. The second-order valence-electron chi connectivity index (χ2n) is 2.34. The van der Waals surface area contributed by atoms with Gasteiger partial charge in [-0.05, 0) is 0 Å². The predicted molar refractivity (Wildman–Crippen MR) is 37.7 cm³/mol. The molecule has 0 aromatic heterocycles. The number of carbonyl (C=O) groups excluding carboxylic acids is 2. The maximum absolute atomic E-state index is 11.1. The van der Waals surface area contributed by atoms with Crippen molar-refractivity contribution in [3.63, 3.8) is 0 Å². The molecule has 1 amide bonds. The first-order chi connectivity index (χ1) is 5.13. The molecular formula is C7H9NO3. The Morgan fingerprint density at radius 2 is 2.18 bits per heavy atom. The number of hydrogen-bond acceptors (Lipinski definition) is 3. The van der Waals surface area contributed by atoms with Crippen LogP contribution in [0.4, 0.5) is 0 Å². The van der Waals surface area contributed by atoms with E-state index in [1.807, 2.05) is 0 Å². The Hall–Kier alpha value is -1.32. The SMILES string of the molecule is C=C1C(=O)OCCN(C)C1=O. The molecule has 0 radical (unpaired) electrons. The average Bonchev–Trinajstić information content (AvgIpc) is 2.07. The molecule has 1 fully saturated rings. The number of amides is 1. The van der Waals surface area contributed by atoms with Gasteiger partial charge in [0.05, 0.1) is 6.54 Å². The Balaban J connectivity index is 2.82. The standard InChI is InChI=1S/C7H9NO3/c1-5-6(9)8(2)3-4-11-7(5)10/h1,3-4H2,2H3. The van der Waals surface area contributed by atoms with Gasteiger partial charge in [-0.3, -0.25) is 4.79 Å². The van der Waals surface area contributed by atoms with Crippen LogP contribution in [0.25, 0.3) is 0 Å². The molecule has 1 rings (SSSR count). The van der Waals surface area contributed by atoms with Crippen LogP contribution in [0.15, 0.2) is 12.2 Å². The molecule has 0 aliphatic carbocycles. The Bertz CT molecular complexity index is 222. The zero-order chi connectivity index (χ0) is 8.43. The lowest BCUT2D eigenvalue weighted by Crippen LogP contribution is -2.28. The van der Waals surface area contributed by atoms with Crippen LogP contribution in [0, 0.1) is 0 Å². The van der Waals surface area contributed by atoms with Crippen molar-refractivity contribution in [3.05, 3.63) is 12.2 Å². The number of carbonyl (C=O) groups is 2. The van der Waals surface area contributed by atoms with Gasteiger partial charge in [0.1, 0.15) is 12.2 Å². The topological polar surface area (TPSA) is 46.6 Å². The van der Waals surface area contributed by atoms with Gasteiger partial charge in [-0.1, -0.05) is 6.58 Å². The number of cyclic esters (lactones) is 1.